The summed E-state index contributed by atoms with van der Waals surface area (Å²) in [6.45, 7) is 2.33. The predicted molar refractivity (Wildman–Crippen MR) is 72.1 cm³/mol. The monoisotopic (exact) mass is 284 g/mol. The number of benzene rings is 1. The molecule has 1 aromatic carbocycles. The normalized spacial score (nSPS) is 11.5. The standard InChI is InChI=1S/C12H16N2O4S/c1-3-14-12(15)7-5-9-4-6-10(18-2)11(8-9)19(13,16)17/h4-8H,3H2,1-2H3,(H,14,15)(H2,13,16,17). The van der Waals surface area contributed by atoms with E-state index in [2.05, 4.69) is 5.32 Å². The number of methoxy groups -OCH3 is 1. The van der Waals surface area contributed by atoms with Crippen LogP contribution in [0, 0.1) is 0 Å². The average molecular weight is 284 g/mol. The van der Waals surface area contributed by atoms with Gasteiger partial charge in [0.25, 0.3) is 0 Å². The zero-order valence-corrected chi connectivity index (χ0v) is 11.5. The molecule has 0 aliphatic rings. The Bertz CT molecular complexity index is 594. The Balaban J connectivity index is 3.09. The molecule has 0 unspecified atom stereocenters. The molecule has 0 aliphatic carbocycles. The highest BCUT2D eigenvalue weighted by Gasteiger charge is 2.14. The number of likely N-dealkylation sites (N-methyl/N-ethyl adjacent to an activating group) is 1. The van der Waals surface area contributed by atoms with Gasteiger partial charge in [0.1, 0.15) is 10.6 Å². The zero-order valence-electron chi connectivity index (χ0n) is 10.7. The lowest BCUT2D eigenvalue weighted by Crippen LogP contribution is -2.19. The minimum atomic E-state index is -3.88. The van der Waals surface area contributed by atoms with Crippen molar-refractivity contribution in [2.45, 2.75) is 11.8 Å². The molecule has 0 spiro atoms. The van der Waals surface area contributed by atoms with Gasteiger partial charge in [0.15, 0.2) is 0 Å². The number of carbonyl (C=O) groups is 1. The summed E-state index contributed by atoms with van der Waals surface area (Å²) in [5.41, 5.74) is 0.538. The summed E-state index contributed by atoms with van der Waals surface area (Å²) in [5.74, 6) is -0.0897. The number of sulfonamides is 1. The summed E-state index contributed by atoms with van der Waals surface area (Å²) in [7, 11) is -2.52. The fourth-order valence-electron chi connectivity index (χ4n) is 1.42. The van der Waals surface area contributed by atoms with Gasteiger partial charge in [-0.05, 0) is 30.7 Å². The third-order valence-electron chi connectivity index (χ3n) is 2.27. The highest BCUT2D eigenvalue weighted by Crippen LogP contribution is 2.24. The Labute approximate surface area is 112 Å². The summed E-state index contributed by atoms with van der Waals surface area (Å²) in [4.78, 5) is 11.1. The molecule has 0 saturated carbocycles. The van der Waals surface area contributed by atoms with Crippen molar-refractivity contribution in [1.29, 1.82) is 0 Å². The number of nitrogens with one attached hydrogen (secondary N) is 1. The minimum absolute atomic E-state index is 0.118. The molecule has 19 heavy (non-hydrogen) atoms. The maximum Gasteiger partial charge on any atom is 0.243 e. The van der Waals surface area contributed by atoms with Gasteiger partial charge in [0.2, 0.25) is 15.9 Å². The van der Waals surface area contributed by atoms with E-state index < -0.39 is 10.0 Å². The van der Waals surface area contributed by atoms with Crippen LogP contribution < -0.4 is 15.2 Å². The molecular formula is C12H16N2O4S. The molecular weight excluding hydrogens is 268 g/mol. The number of primary sulfonamides is 1. The van der Waals surface area contributed by atoms with Crippen LogP contribution in [0.25, 0.3) is 6.08 Å². The summed E-state index contributed by atoms with van der Waals surface area (Å²) in [6.07, 6.45) is 2.82. The van der Waals surface area contributed by atoms with Gasteiger partial charge in [0, 0.05) is 12.6 Å². The lowest BCUT2D eigenvalue weighted by molar-refractivity contribution is -0.116. The fraction of sp³-hybridized carbons (Fsp3) is 0.250. The van der Waals surface area contributed by atoms with Crippen molar-refractivity contribution in [3.05, 3.63) is 29.8 Å². The van der Waals surface area contributed by atoms with Crippen LogP contribution in [-0.4, -0.2) is 28.0 Å². The van der Waals surface area contributed by atoms with Crippen LogP contribution in [0.2, 0.25) is 0 Å². The number of hydrogen-bond acceptors (Lipinski definition) is 4. The van der Waals surface area contributed by atoms with Gasteiger partial charge in [0.05, 0.1) is 7.11 Å². The molecule has 0 aromatic heterocycles. The van der Waals surface area contributed by atoms with E-state index in [4.69, 9.17) is 9.88 Å². The minimum Gasteiger partial charge on any atom is -0.495 e. The number of carbonyl (C=O) groups excluding carboxylic acids is 1. The van der Waals surface area contributed by atoms with Gasteiger partial charge >= 0.3 is 0 Å². The SMILES string of the molecule is CCNC(=O)C=Cc1ccc(OC)c(S(N)(=O)=O)c1. The molecule has 0 bridgehead atoms. The molecule has 1 rings (SSSR count). The predicted octanol–water partition coefficient (Wildman–Crippen LogP) is 0.492. The summed E-state index contributed by atoms with van der Waals surface area (Å²) >= 11 is 0. The molecule has 1 amide bonds. The molecule has 3 N–H and O–H groups in total. The van der Waals surface area contributed by atoms with Gasteiger partial charge in [-0.1, -0.05) is 6.07 Å². The third-order valence-corrected chi connectivity index (χ3v) is 3.20. The van der Waals surface area contributed by atoms with Crippen molar-refractivity contribution < 1.29 is 17.9 Å². The molecule has 6 nitrogen and oxygen atoms in total. The number of rotatable bonds is 5. The Kier molecular flexibility index (Phi) is 5.08. The van der Waals surface area contributed by atoms with Crippen LogP contribution in [-0.2, 0) is 14.8 Å². The van der Waals surface area contributed by atoms with E-state index in [1.54, 1.807) is 13.0 Å². The number of ether oxygens (including phenoxy) is 1. The first-order valence-electron chi connectivity index (χ1n) is 5.55. The van der Waals surface area contributed by atoms with Gasteiger partial charge in [-0.25, -0.2) is 13.6 Å². The van der Waals surface area contributed by atoms with E-state index in [1.165, 1.54) is 31.4 Å². The van der Waals surface area contributed by atoms with Crippen LogP contribution in [0.4, 0.5) is 0 Å². The molecule has 0 radical (unpaired) electrons. The van der Waals surface area contributed by atoms with Crippen molar-refractivity contribution in [2.24, 2.45) is 5.14 Å². The molecule has 0 fully saturated rings. The van der Waals surface area contributed by atoms with Gasteiger partial charge in [-0.3, -0.25) is 4.79 Å². The molecule has 1 aromatic rings. The second-order valence-electron chi connectivity index (χ2n) is 3.68. The Morgan fingerprint density at radius 1 is 1.47 bits per heavy atom. The number of nitrogens with two attached hydrogens (primary N) is 1. The van der Waals surface area contributed by atoms with Crippen LogP contribution >= 0.6 is 0 Å². The fourth-order valence-corrected chi connectivity index (χ4v) is 2.16. The van der Waals surface area contributed by atoms with E-state index in [0.29, 0.717) is 12.1 Å². The van der Waals surface area contributed by atoms with Crippen molar-refractivity contribution >= 4 is 22.0 Å². The molecule has 0 aliphatic heterocycles. The summed E-state index contributed by atoms with van der Waals surface area (Å²) < 4.78 is 27.7. The third kappa shape index (κ3) is 4.38. The first-order valence-corrected chi connectivity index (χ1v) is 7.10. The second-order valence-corrected chi connectivity index (χ2v) is 5.21. The van der Waals surface area contributed by atoms with Crippen LogP contribution in [0.3, 0.4) is 0 Å². The van der Waals surface area contributed by atoms with E-state index in [-0.39, 0.29) is 16.6 Å². The first kappa shape index (κ1) is 15.2. The topological polar surface area (TPSA) is 98.5 Å². The van der Waals surface area contributed by atoms with Crippen molar-refractivity contribution in [3.8, 4) is 5.75 Å². The lowest BCUT2D eigenvalue weighted by atomic mass is 10.2. The molecule has 104 valence electrons. The van der Waals surface area contributed by atoms with Gasteiger partial charge in [-0.15, -0.1) is 0 Å². The molecule has 0 heterocycles. The van der Waals surface area contributed by atoms with E-state index in [0.717, 1.165) is 0 Å². The lowest BCUT2D eigenvalue weighted by Gasteiger charge is -2.07. The molecule has 7 heteroatoms. The quantitative estimate of drug-likeness (QED) is 0.769. The summed E-state index contributed by atoms with van der Waals surface area (Å²) in [5, 5.41) is 7.68. The van der Waals surface area contributed by atoms with Crippen molar-refractivity contribution in [3.63, 3.8) is 0 Å². The van der Waals surface area contributed by atoms with Crippen LogP contribution in [0.15, 0.2) is 29.2 Å². The Morgan fingerprint density at radius 3 is 2.68 bits per heavy atom. The van der Waals surface area contributed by atoms with E-state index in [1.807, 2.05) is 0 Å². The molecule has 0 atom stereocenters. The van der Waals surface area contributed by atoms with Gasteiger partial charge in [-0.2, -0.15) is 0 Å². The van der Waals surface area contributed by atoms with Gasteiger partial charge < -0.3 is 10.1 Å². The maximum atomic E-state index is 11.4. The zero-order chi connectivity index (χ0) is 14.5. The maximum absolute atomic E-state index is 11.4. The summed E-state index contributed by atoms with van der Waals surface area (Å²) in [6, 6.07) is 4.46. The number of amides is 1. The Hall–Kier alpha value is -1.86. The second kappa shape index (κ2) is 6.35. The first-order chi connectivity index (χ1) is 8.88. The smallest absolute Gasteiger partial charge is 0.243 e. The highest BCUT2D eigenvalue weighted by molar-refractivity contribution is 7.89. The van der Waals surface area contributed by atoms with E-state index in [9.17, 15) is 13.2 Å². The van der Waals surface area contributed by atoms with Crippen LogP contribution in [0.5, 0.6) is 5.75 Å². The number of hydrogen-bond donors (Lipinski definition) is 2. The largest absolute Gasteiger partial charge is 0.495 e. The average Bonchev–Trinajstić information content (AvgIpc) is 2.35. The Morgan fingerprint density at radius 2 is 2.16 bits per heavy atom. The van der Waals surface area contributed by atoms with E-state index >= 15 is 0 Å². The van der Waals surface area contributed by atoms with Crippen molar-refractivity contribution in [2.75, 3.05) is 13.7 Å². The highest BCUT2D eigenvalue weighted by atomic mass is 32.2. The van der Waals surface area contributed by atoms with Crippen molar-refractivity contribution in [1.82, 2.24) is 5.32 Å². The molecule has 0 saturated heterocycles. The van der Waals surface area contributed by atoms with Crippen LogP contribution in [0.1, 0.15) is 12.5 Å².